The molecule has 0 aliphatic heterocycles. The van der Waals surface area contributed by atoms with Crippen molar-refractivity contribution in [2.75, 3.05) is 6.54 Å². The summed E-state index contributed by atoms with van der Waals surface area (Å²) in [6.07, 6.45) is 5.12. The zero-order valence-corrected chi connectivity index (χ0v) is 12.7. The molecule has 0 unspecified atom stereocenters. The van der Waals surface area contributed by atoms with E-state index in [1.165, 1.54) is 0 Å². The van der Waals surface area contributed by atoms with Crippen molar-refractivity contribution in [3.8, 4) is 16.9 Å². The maximum atomic E-state index is 12.6. The van der Waals surface area contributed by atoms with Crippen LogP contribution in [-0.2, 0) is 6.54 Å². The van der Waals surface area contributed by atoms with E-state index in [4.69, 9.17) is 0 Å². The highest BCUT2D eigenvalue weighted by atomic mass is 19.3. The summed E-state index contributed by atoms with van der Waals surface area (Å²) in [4.78, 5) is 4.06. The third-order valence-corrected chi connectivity index (χ3v) is 3.51. The summed E-state index contributed by atoms with van der Waals surface area (Å²) < 4.78 is 31.5. The molecule has 4 nitrogen and oxygen atoms in total. The van der Waals surface area contributed by atoms with Gasteiger partial charge in [-0.2, -0.15) is 8.78 Å². The number of pyridine rings is 1. The summed E-state index contributed by atoms with van der Waals surface area (Å²) in [6.45, 7) is 0.811. The van der Waals surface area contributed by atoms with Crippen molar-refractivity contribution in [2.24, 2.45) is 0 Å². The van der Waals surface area contributed by atoms with E-state index in [0.29, 0.717) is 5.65 Å². The Morgan fingerprint density at radius 3 is 2.91 bits per heavy atom. The van der Waals surface area contributed by atoms with Crippen LogP contribution in [0.4, 0.5) is 8.78 Å². The summed E-state index contributed by atoms with van der Waals surface area (Å²) in [5.41, 5.74) is 3.24. The summed E-state index contributed by atoms with van der Waals surface area (Å²) in [5, 5.41) is 3.27. The third-order valence-electron chi connectivity index (χ3n) is 3.51. The van der Waals surface area contributed by atoms with Crippen LogP contribution < -0.4 is 10.1 Å². The first kappa shape index (κ1) is 15.4. The van der Waals surface area contributed by atoms with E-state index in [-0.39, 0.29) is 5.75 Å². The van der Waals surface area contributed by atoms with Gasteiger partial charge in [0.05, 0.1) is 0 Å². The van der Waals surface area contributed by atoms with Crippen LogP contribution in [0.5, 0.6) is 5.75 Å². The first-order valence-electron chi connectivity index (χ1n) is 7.39. The normalized spacial score (nSPS) is 11.3. The molecule has 2 aromatic heterocycles. The van der Waals surface area contributed by atoms with E-state index in [0.717, 1.165) is 29.8 Å². The molecule has 0 saturated heterocycles. The number of ether oxygens (including phenoxy) is 1. The molecule has 2 heterocycles. The van der Waals surface area contributed by atoms with Gasteiger partial charge in [-0.05, 0) is 29.8 Å². The zero-order chi connectivity index (χ0) is 16.2. The Kier molecular flexibility index (Phi) is 4.52. The number of hydrogen-bond acceptors (Lipinski definition) is 3. The molecule has 23 heavy (non-hydrogen) atoms. The number of fused-ring (bicyclic) bond motifs is 1. The van der Waals surface area contributed by atoms with Gasteiger partial charge in [0.15, 0.2) is 11.4 Å². The van der Waals surface area contributed by atoms with Crippen molar-refractivity contribution in [3.05, 3.63) is 54.5 Å². The van der Waals surface area contributed by atoms with E-state index < -0.39 is 6.61 Å². The lowest BCUT2D eigenvalue weighted by molar-refractivity contribution is -0.0491. The van der Waals surface area contributed by atoms with Crippen LogP contribution in [0.15, 0.2) is 48.9 Å². The van der Waals surface area contributed by atoms with E-state index in [1.807, 2.05) is 37.4 Å². The number of rotatable bonds is 6. The Bertz CT molecular complexity index is 801. The van der Waals surface area contributed by atoms with Crippen LogP contribution in [0, 0.1) is 0 Å². The van der Waals surface area contributed by atoms with Gasteiger partial charge < -0.3 is 14.5 Å². The van der Waals surface area contributed by atoms with Crippen LogP contribution in [-0.4, -0.2) is 22.5 Å². The number of hydrogen-bond donors (Lipinski definition) is 1. The SMILES string of the molecule is CCNCc1cccc(-c2cc(OC(F)F)c3nccn3c2)c1. The van der Waals surface area contributed by atoms with Gasteiger partial charge in [0.25, 0.3) is 0 Å². The van der Waals surface area contributed by atoms with Crippen LogP contribution in [0.2, 0.25) is 0 Å². The number of alkyl halides is 2. The Morgan fingerprint density at radius 1 is 1.26 bits per heavy atom. The van der Waals surface area contributed by atoms with Crippen LogP contribution >= 0.6 is 0 Å². The zero-order valence-electron chi connectivity index (χ0n) is 12.7. The number of imidazole rings is 1. The Labute approximate surface area is 132 Å². The lowest BCUT2D eigenvalue weighted by atomic mass is 10.0. The fourth-order valence-corrected chi connectivity index (χ4v) is 2.47. The summed E-state index contributed by atoms with van der Waals surface area (Å²) >= 11 is 0. The second-order valence-corrected chi connectivity index (χ2v) is 5.11. The topological polar surface area (TPSA) is 38.6 Å². The smallest absolute Gasteiger partial charge is 0.387 e. The molecule has 0 saturated carbocycles. The molecule has 1 aromatic carbocycles. The number of nitrogens with one attached hydrogen (secondary N) is 1. The molecule has 0 amide bonds. The average Bonchev–Trinajstić information content (AvgIpc) is 3.01. The van der Waals surface area contributed by atoms with Crippen LogP contribution in [0.3, 0.4) is 0 Å². The standard InChI is InChI=1S/C17H17F2N3O/c1-2-20-10-12-4-3-5-13(8-12)14-9-15(23-17(18)19)16-21-6-7-22(16)11-14/h3-9,11,17,20H,2,10H2,1H3. The van der Waals surface area contributed by atoms with Crippen LogP contribution in [0.1, 0.15) is 12.5 Å². The van der Waals surface area contributed by atoms with E-state index >= 15 is 0 Å². The van der Waals surface area contributed by atoms with Gasteiger partial charge in [-0.3, -0.25) is 0 Å². The molecule has 3 rings (SSSR count). The van der Waals surface area contributed by atoms with Gasteiger partial charge in [-0.25, -0.2) is 4.98 Å². The minimum atomic E-state index is -2.88. The average molecular weight is 317 g/mol. The molecule has 0 aliphatic carbocycles. The molecular weight excluding hydrogens is 300 g/mol. The highest BCUT2D eigenvalue weighted by Crippen LogP contribution is 2.29. The minimum absolute atomic E-state index is 0.0691. The number of aromatic nitrogens is 2. The van der Waals surface area contributed by atoms with E-state index in [1.54, 1.807) is 22.9 Å². The second-order valence-electron chi connectivity index (χ2n) is 5.11. The lowest BCUT2D eigenvalue weighted by Gasteiger charge is -2.11. The van der Waals surface area contributed by atoms with Gasteiger partial charge in [-0.1, -0.05) is 25.1 Å². The Morgan fingerprint density at radius 2 is 2.13 bits per heavy atom. The number of halogens is 2. The fourth-order valence-electron chi connectivity index (χ4n) is 2.47. The van der Waals surface area contributed by atoms with Gasteiger partial charge >= 0.3 is 6.61 Å². The van der Waals surface area contributed by atoms with Crippen molar-refractivity contribution in [3.63, 3.8) is 0 Å². The maximum absolute atomic E-state index is 12.6. The molecule has 1 N–H and O–H groups in total. The fraction of sp³-hybridized carbons (Fsp3) is 0.235. The molecule has 120 valence electrons. The first-order chi connectivity index (χ1) is 11.2. The van der Waals surface area contributed by atoms with Gasteiger partial charge in [0.2, 0.25) is 0 Å². The van der Waals surface area contributed by atoms with Gasteiger partial charge in [-0.15, -0.1) is 0 Å². The van der Waals surface area contributed by atoms with E-state index in [2.05, 4.69) is 15.0 Å². The molecule has 0 aliphatic rings. The number of benzene rings is 1. The lowest BCUT2D eigenvalue weighted by Crippen LogP contribution is -2.11. The minimum Gasteiger partial charge on any atom is -0.431 e. The van der Waals surface area contributed by atoms with E-state index in [9.17, 15) is 8.78 Å². The third kappa shape index (κ3) is 3.48. The molecular formula is C17H17F2N3O. The number of nitrogens with zero attached hydrogens (tertiary/aromatic N) is 2. The largest absolute Gasteiger partial charge is 0.431 e. The molecule has 6 heteroatoms. The van der Waals surface area contributed by atoms with Gasteiger partial charge in [0.1, 0.15) is 0 Å². The molecule has 0 fully saturated rings. The quantitative estimate of drug-likeness (QED) is 0.753. The molecule has 0 spiro atoms. The van der Waals surface area contributed by atoms with Crippen molar-refractivity contribution in [1.82, 2.24) is 14.7 Å². The predicted octanol–water partition coefficient (Wildman–Crippen LogP) is 3.71. The van der Waals surface area contributed by atoms with Crippen molar-refractivity contribution in [1.29, 1.82) is 0 Å². The maximum Gasteiger partial charge on any atom is 0.387 e. The van der Waals surface area contributed by atoms with Crippen molar-refractivity contribution < 1.29 is 13.5 Å². The highest BCUT2D eigenvalue weighted by molar-refractivity contribution is 5.69. The molecule has 0 bridgehead atoms. The molecule has 0 atom stereocenters. The van der Waals surface area contributed by atoms with Crippen molar-refractivity contribution >= 4 is 5.65 Å². The molecule has 0 radical (unpaired) electrons. The molecule has 3 aromatic rings. The summed E-state index contributed by atoms with van der Waals surface area (Å²) in [5.74, 6) is 0.0691. The summed E-state index contributed by atoms with van der Waals surface area (Å²) in [6, 6.07) is 9.56. The summed E-state index contributed by atoms with van der Waals surface area (Å²) in [7, 11) is 0. The second kappa shape index (κ2) is 6.75. The van der Waals surface area contributed by atoms with Crippen molar-refractivity contribution in [2.45, 2.75) is 20.1 Å². The van der Waals surface area contributed by atoms with Gasteiger partial charge in [0, 0.05) is 30.7 Å². The monoisotopic (exact) mass is 317 g/mol. The Balaban J connectivity index is 2.02. The predicted molar refractivity (Wildman–Crippen MR) is 84.6 cm³/mol. The first-order valence-corrected chi connectivity index (χ1v) is 7.39. The Hall–Kier alpha value is -2.47. The highest BCUT2D eigenvalue weighted by Gasteiger charge is 2.12. The van der Waals surface area contributed by atoms with Crippen LogP contribution in [0.25, 0.3) is 16.8 Å².